The van der Waals surface area contributed by atoms with Gasteiger partial charge in [-0.05, 0) is 37.3 Å². The van der Waals surface area contributed by atoms with E-state index in [0.29, 0.717) is 19.0 Å². The molecule has 4 N–H and O–H groups in total. The lowest BCUT2D eigenvalue weighted by molar-refractivity contribution is -0.122. The van der Waals surface area contributed by atoms with E-state index >= 15 is 0 Å². The molecule has 27 heavy (non-hydrogen) atoms. The highest BCUT2D eigenvalue weighted by Gasteiger charge is 2.28. The van der Waals surface area contributed by atoms with Crippen molar-refractivity contribution in [2.75, 3.05) is 26.2 Å². The highest BCUT2D eigenvalue weighted by molar-refractivity contribution is 14.0. The van der Waals surface area contributed by atoms with Crippen LogP contribution in [-0.2, 0) is 4.79 Å². The molecule has 148 valence electrons. The summed E-state index contributed by atoms with van der Waals surface area (Å²) < 4.78 is 1.17. The maximum absolute atomic E-state index is 11.6. The fraction of sp³-hybridized carbons (Fsp3) is 0.474. The average Bonchev–Trinajstić information content (AvgIpc) is 3.41. The number of hydrogen-bond acceptors (Lipinski definition) is 4. The van der Waals surface area contributed by atoms with Crippen LogP contribution in [0.5, 0.6) is 0 Å². The van der Waals surface area contributed by atoms with Crippen molar-refractivity contribution in [3.63, 3.8) is 0 Å². The van der Waals surface area contributed by atoms with Crippen LogP contribution in [0.1, 0.15) is 30.7 Å². The van der Waals surface area contributed by atoms with Crippen molar-refractivity contribution in [3.8, 4) is 0 Å². The predicted octanol–water partition coefficient (Wildman–Crippen LogP) is 2.63. The van der Waals surface area contributed by atoms with E-state index < -0.39 is 6.10 Å². The Morgan fingerprint density at radius 2 is 2.00 bits per heavy atom. The number of rotatable bonds is 8. The van der Waals surface area contributed by atoms with Crippen LogP contribution in [0.3, 0.4) is 0 Å². The fourth-order valence-electron chi connectivity index (χ4n) is 2.63. The summed E-state index contributed by atoms with van der Waals surface area (Å²) in [6.45, 7) is 4.19. The van der Waals surface area contributed by atoms with Gasteiger partial charge in [0, 0.05) is 35.1 Å². The number of fused-ring (bicyclic) bond motifs is 1. The largest absolute Gasteiger partial charge is 0.386 e. The number of guanidine groups is 1. The summed E-state index contributed by atoms with van der Waals surface area (Å²) >= 11 is 1.60. The number of nitrogens with zero attached hydrogens (tertiary/aromatic N) is 1. The van der Waals surface area contributed by atoms with Crippen molar-refractivity contribution in [1.29, 1.82) is 0 Å². The molecule has 1 aliphatic rings. The van der Waals surface area contributed by atoms with Crippen molar-refractivity contribution in [2.24, 2.45) is 10.9 Å². The molecule has 1 aliphatic carbocycles. The van der Waals surface area contributed by atoms with Gasteiger partial charge < -0.3 is 21.1 Å². The van der Waals surface area contributed by atoms with Crippen molar-refractivity contribution in [2.45, 2.75) is 25.9 Å². The zero-order valence-corrected chi connectivity index (χ0v) is 18.6. The number of aliphatic hydroxyl groups excluding tert-OH is 1. The Morgan fingerprint density at radius 3 is 2.70 bits per heavy atom. The first-order valence-corrected chi connectivity index (χ1v) is 9.95. The number of carbonyl (C=O) groups is 1. The Labute approximate surface area is 180 Å². The summed E-state index contributed by atoms with van der Waals surface area (Å²) in [5, 5.41) is 20.8. The molecule has 0 spiro atoms. The molecule has 1 unspecified atom stereocenters. The highest BCUT2D eigenvalue weighted by atomic mass is 127. The van der Waals surface area contributed by atoms with E-state index in [-0.39, 0.29) is 42.3 Å². The fourth-order valence-corrected chi connectivity index (χ4v) is 3.67. The minimum Gasteiger partial charge on any atom is -0.386 e. The molecular formula is C19H27IN4O2S. The second-order valence-electron chi connectivity index (χ2n) is 6.41. The third-order valence-electron chi connectivity index (χ3n) is 4.20. The van der Waals surface area contributed by atoms with Gasteiger partial charge in [-0.1, -0.05) is 18.2 Å². The van der Waals surface area contributed by atoms with Gasteiger partial charge in [0.25, 0.3) is 0 Å². The second-order valence-corrected chi connectivity index (χ2v) is 7.53. The first-order chi connectivity index (χ1) is 12.7. The first-order valence-electron chi connectivity index (χ1n) is 9.13. The lowest BCUT2D eigenvalue weighted by Crippen LogP contribution is -2.42. The van der Waals surface area contributed by atoms with Crippen molar-refractivity contribution >= 4 is 57.3 Å². The predicted molar refractivity (Wildman–Crippen MR) is 122 cm³/mol. The summed E-state index contributed by atoms with van der Waals surface area (Å²) in [5.74, 6) is 1.02. The van der Waals surface area contributed by atoms with E-state index in [1.807, 2.05) is 31.2 Å². The Bertz CT molecular complexity index is 743. The maximum atomic E-state index is 11.6. The minimum absolute atomic E-state index is 0. The molecule has 0 radical (unpaired) electrons. The van der Waals surface area contributed by atoms with Crippen LogP contribution in [0.2, 0.25) is 0 Å². The van der Waals surface area contributed by atoms with Gasteiger partial charge in [0.2, 0.25) is 5.91 Å². The molecule has 1 heterocycles. The summed E-state index contributed by atoms with van der Waals surface area (Å²) in [6.07, 6.45) is 1.40. The molecule has 0 bridgehead atoms. The molecular weight excluding hydrogens is 475 g/mol. The van der Waals surface area contributed by atoms with Gasteiger partial charge in [0.05, 0.1) is 6.54 Å². The van der Waals surface area contributed by atoms with E-state index in [2.05, 4.69) is 27.0 Å². The van der Waals surface area contributed by atoms with Crippen LogP contribution in [-0.4, -0.2) is 43.2 Å². The quantitative estimate of drug-likeness (QED) is 0.194. The van der Waals surface area contributed by atoms with Crippen molar-refractivity contribution in [3.05, 3.63) is 35.2 Å². The number of halogens is 1. The Balaban J connectivity index is 0.00000261. The molecule has 1 saturated carbocycles. The summed E-state index contributed by atoms with van der Waals surface area (Å²) in [5.41, 5.74) is 0. The van der Waals surface area contributed by atoms with E-state index in [0.717, 1.165) is 29.6 Å². The van der Waals surface area contributed by atoms with E-state index in [4.69, 9.17) is 0 Å². The number of aliphatic hydroxyl groups is 1. The van der Waals surface area contributed by atoms with Gasteiger partial charge in [0.1, 0.15) is 6.10 Å². The standard InChI is InChI=1S/C19H26N4O2S.HI/c1-2-20-19(22-10-9-21-18(25)13-7-8-13)23-12-15(24)17-11-14-5-3-4-6-16(14)26-17;/h3-6,11,13,15,24H,2,7-10,12H2,1H3,(H,21,25)(H2,20,22,23);1H. The van der Waals surface area contributed by atoms with E-state index in [9.17, 15) is 9.90 Å². The number of amides is 1. The molecule has 2 aromatic rings. The summed E-state index contributed by atoms with van der Waals surface area (Å²) in [4.78, 5) is 17.0. The smallest absolute Gasteiger partial charge is 0.223 e. The van der Waals surface area contributed by atoms with E-state index in [1.165, 1.54) is 4.70 Å². The topological polar surface area (TPSA) is 85.8 Å². The number of hydrogen-bond donors (Lipinski definition) is 4. The zero-order valence-electron chi connectivity index (χ0n) is 15.4. The van der Waals surface area contributed by atoms with Gasteiger partial charge in [-0.25, -0.2) is 0 Å². The van der Waals surface area contributed by atoms with Gasteiger partial charge >= 0.3 is 0 Å². The van der Waals surface area contributed by atoms with Crippen LogP contribution < -0.4 is 16.0 Å². The van der Waals surface area contributed by atoms with Crippen LogP contribution in [0.25, 0.3) is 10.1 Å². The van der Waals surface area contributed by atoms with Crippen molar-refractivity contribution in [1.82, 2.24) is 16.0 Å². The summed E-state index contributed by atoms with van der Waals surface area (Å²) in [6, 6.07) is 10.1. The van der Waals surface area contributed by atoms with Crippen LogP contribution in [0.4, 0.5) is 0 Å². The molecule has 1 aromatic carbocycles. The molecule has 8 heteroatoms. The highest BCUT2D eigenvalue weighted by Crippen LogP contribution is 2.30. The Morgan fingerprint density at radius 1 is 1.26 bits per heavy atom. The molecule has 1 aromatic heterocycles. The molecule has 0 saturated heterocycles. The van der Waals surface area contributed by atoms with Crippen LogP contribution in [0, 0.1) is 5.92 Å². The number of benzene rings is 1. The zero-order chi connectivity index (χ0) is 18.4. The first kappa shape index (κ1) is 21.9. The van der Waals surface area contributed by atoms with Crippen LogP contribution >= 0.6 is 35.3 Å². The van der Waals surface area contributed by atoms with Gasteiger partial charge in [-0.2, -0.15) is 0 Å². The molecule has 1 amide bonds. The molecule has 6 nitrogen and oxygen atoms in total. The number of thiophene rings is 1. The Kier molecular flexibility index (Phi) is 8.78. The SMILES string of the molecule is CCNC(=NCC(O)c1cc2ccccc2s1)NCCNC(=O)C1CC1.I. The minimum atomic E-state index is -0.627. The van der Waals surface area contributed by atoms with Crippen LogP contribution in [0.15, 0.2) is 35.3 Å². The van der Waals surface area contributed by atoms with Gasteiger partial charge in [-0.3, -0.25) is 9.79 Å². The molecule has 0 aliphatic heterocycles. The summed E-state index contributed by atoms with van der Waals surface area (Å²) in [7, 11) is 0. The molecule has 1 fully saturated rings. The second kappa shape index (κ2) is 10.8. The van der Waals surface area contributed by atoms with Gasteiger partial charge in [0.15, 0.2) is 5.96 Å². The van der Waals surface area contributed by atoms with Gasteiger partial charge in [-0.15, -0.1) is 35.3 Å². The third-order valence-corrected chi connectivity index (χ3v) is 5.42. The lowest BCUT2D eigenvalue weighted by atomic mass is 10.2. The number of carbonyl (C=O) groups excluding carboxylic acids is 1. The molecule has 3 rings (SSSR count). The van der Waals surface area contributed by atoms with Crippen molar-refractivity contribution < 1.29 is 9.90 Å². The molecule has 1 atom stereocenters. The lowest BCUT2D eigenvalue weighted by Gasteiger charge is -2.13. The maximum Gasteiger partial charge on any atom is 0.223 e. The normalized spacial score (nSPS) is 15.1. The average molecular weight is 502 g/mol. The number of nitrogens with one attached hydrogen (secondary N) is 3. The number of aliphatic imine (C=N–C) groups is 1. The van der Waals surface area contributed by atoms with E-state index in [1.54, 1.807) is 11.3 Å². The monoisotopic (exact) mass is 502 g/mol. The third kappa shape index (κ3) is 6.62. The Hall–Kier alpha value is -1.39.